The van der Waals surface area contributed by atoms with E-state index in [2.05, 4.69) is 17.2 Å². The Morgan fingerprint density at radius 2 is 2.31 bits per heavy atom. The number of rotatable bonds is 7. The van der Waals surface area contributed by atoms with Gasteiger partial charge in [0.1, 0.15) is 0 Å². The van der Waals surface area contributed by atoms with Crippen molar-refractivity contribution in [2.75, 3.05) is 25.5 Å². The molecule has 0 bridgehead atoms. The first-order valence-corrected chi connectivity index (χ1v) is 6.46. The second kappa shape index (κ2) is 6.83. The molecule has 1 rings (SSSR count). The molecular weight excluding hydrogens is 222 g/mol. The molecule has 0 saturated heterocycles. The number of anilines is 1. The van der Waals surface area contributed by atoms with Crippen LogP contribution in [0.1, 0.15) is 24.6 Å². The van der Waals surface area contributed by atoms with E-state index < -0.39 is 0 Å². The molecule has 2 N–H and O–H groups in total. The van der Waals surface area contributed by atoms with Gasteiger partial charge in [0.25, 0.3) is 0 Å². The minimum atomic E-state index is -0.230. The monoisotopic (exact) mass is 243 g/mol. The van der Waals surface area contributed by atoms with Crippen molar-refractivity contribution in [3.63, 3.8) is 0 Å². The molecule has 0 aliphatic rings. The van der Waals surface area contributed by atoms with E-state index in [9.17, 15) is 5.11 Å². The fourth-order valence-corrected chi connectivity index (χ4v) is 2.19. The second-order valence-electron chi connectivity index (χ2n) is 4.08. The van der Waals surface area contributed by atoms with Crippen molar-refractivity contribution in [1.82, 2.24) is 10.3 Å². The summed E-state index contributed by atoms with van der Waals surface area (Å²) in [4.78, 5) is 7.49. The minimum Gasteiger partial charge on any atom is -0.392 e. The van der Waals surface area contributed by atoms with Crippen LogP contribution in [0.25, 0.3) is 0 Å². The minimum absolute atomic E-state index is 0.230. The molecule has 0 aliphatic carbocycles. The van der Waals surface area contributed by atoms with E-state index in [4.69, 9.17) is 0 Å². The summed E-state index contributed by atoms with van der Waals surface area (Å²) in [5.41, 5.74) is 0. The summed E-state index contributed by atoms with van der Waals surface area (Å²) in [6, 6.07) is 0. The fourth-order valence-electron chi connectivity index (χ4n) is 1.38. The lowest BCUT2D eigenvalue weighted by molar-refractivity contribution is 0.160. The van der Waals surface area contributed by atoms with Crippen LogP contribution in [0, 0.1) is 0 Å². The van der Waals surface area contributed by atoms with Crippen LogP contribution < -0.4 is 10.2 Å². The third-order valence-electron chi connectivity index (χ3n) is 2.23. The van der Waals surface area contributed by atoms with Crippen molar-refractivity contribution >= 4 is 16.5 Å². The zero-order chi connectivity index (χ0) is 12.0. The van der Waals surface area contributed by atoms with Crippen LogP contribution >= 0.6 is 11.3 Å². The Hall–Kier alpha value is -0.650. The molecule has 0 aromatic carbocycles. The lowest BCUT2D eigenvalue weighted by Gasteiger charge is -2.09. The third kappa shape index (κ3) is 4.47. The molecule has 92 valence electrons. The van der Waals surface area contributed by atoms with Gasteiger partial charge >= 0.3 is 0 Å². The van der Waals surface area contributed by atoms with Gasteiger partial charge in [-0.1, -0.05) is 13.3 Å². The van der Waals surface area contributed by atoms with Crippen LogP contribution in [0.3, 0.4) is 0 Å². The summed E-state index contributed by atoms with van der Waals surface area (Å²) in [5.74, 6) is 0. The van der Waals surface area contributed by atoms with E-state index in [0.717, 1.165) is 24.5 Å². The number of nitrogens with one attached hydrogen (secondary N) is 1. The maximum atomic E-state index is 9.54. The highest BCUT2D eigenvalue weighted by Gasteiger charge is 2.05. The highest BCUT2D eigenvalue weighted by atomic mass is 32.1. The van der Waals surface area contributed by atoms with Gasteiger partial charge in [-0.3, -0.25) is 0 Å². The Morgan fingerprint density at radius 1 is 1.56 bits per heavy atom. The summed E-state index contributed by atoms with van der Waals surface area (Å²) in [6.07, 6.45) is 3.54. The van der Waals surface area contributed by atoms with E-state index in [1.807, 2.05) is 25.2 Å². The van der Waals surface area contributed by atoms with Gasteiger partial charge in [0, 0.05) is 38.3 Å². The Bertz CT molecular complexity index is 301. The van der Waals surface area contributed by atoms with E-state index in [0.29, 0.717) is 6.54 Å². The van der Waals surface area contributed by atoms with Crippen molar-refractivity contribution in [2.24, 2.45) is 0 Å². The van der Waals surface area contributed by atoms with Crippen LogP contribution in [-0.2, 0) is 6.54 Å². The van der Waals surface area contributed by atoms with Crippen LogP contribution in [0.5, 0.6) is 0 Å². The SMILES string of the molecule is CCCC(O)CNCc1cnc(N(C)C)s1. The number of hydrogen-bond donors (Lipinski definition) is 2. The maximum absolute atomic E-state index is 9.54. The van der Waals surface area contributed by atoms with E-state index in [1.165, 1.54) is 4.88 Å². The van der Waals surface area contributed by atoms with Crippen molar-refractivity contribution in [3.05, 3.63) is 11.1 Å². The first-order chi connectivity index (χ1) is 7.63. The van der Waals surface area contributed by atoms with Crippen molar-refractivity contribution in [2.45, 2.75) is 32.4 Å². The predicted molar refractivity (Wildman–Crippen MR) is 69.1 cm³/mol. The number of hydrogen-bond acceptors (Lipinski definition) is 5. The fraction of sp³-hybridized carbons (Fsp3) is 0.727. The molecule has 0 radical (unpaired) electrons. The van der Waals surface area contributed by atoms with Crippen LogP contribution in [0.2, 0.25) is 0 Å². The summed E-state index contributed by atoms with van der Waals surface area (Å²) in [5, 5.41) is 13.8. The number of aliphatic hydroxyl groups is 1. The topological polar surface area (TPSA) is 48.4 Å². The molecule has 0 amide bonds. The maximum Gasteiger partial charge on any atom is 0.185 e. The van der Waals surface area contributed by atoms with Gasteiger partial charge < -0.3 is 15.3 Å². The van der Waals surface area contributed by atoms with Gasteiger partial charge in [-0.15, -0.1) is 11.3 Å². The molecule has 0 aliphatic heterocycles. The van der Waals surface area contributed by atoms with Gasteiger partial charge in [0.15, 0.2) is 5.13 Å². The molecule has 4 nitrogen and oxygen atoms in total. The second-order valence-corrected chi connectivity index (χ2v) is 5.17. The number of thiazole rings is 1. The highest BCUT2D eigenvalue weighted by molar-refractivity contribution is 7.15. The first kappa shape index (κ1) is 13.4. The van der Waals surface area contributed by atoms with Gasteiger partial charge in [0.05, 0.1) is 6.10 Å². The molecule has 16 heavy (non-hydrogen) atoms. The van der Waals surface area contributed by atoms with Crippen LogP contribution in [-0.4, -0.2) is 36.8 Å². The highest BCUT2D eigenvalue weighted by Crippen LogP contribution is 2.19. The van der Waals surface area contributed by atoms with Gasteiger partial charge in [-0.05, 0) is 6.42 Å². The van der Waals surface area contributed by atoms with Gasteiger partial charge in [-0.2, -0.15) is 0 Å². The Kier molecular flexibility index (Phi) is 5.73. The van der Waals surface area contributed by atoms with Gasteiger partial charge in [-0.25, -0.2) is 4.98 Å². The zero-order valence-electron chi connectivity index (χ0n) is 10.2. The molecule has 5 heteroatoms. The zero-order valence-corrected chi connectivity index (χ0v) is 11.0. The summed E-state index contributed by atoms with van der Waals surface area (Å²) >= 11 is 1.68. The van der Waals surface area contributed by atoms with Crippen molar-refractivity contribution in [3.8, 4) is 0 Å². The quantitative estimate of drug-likeness (QED) is 0.761. The average molecular weight is 243 g/mol. The third-order valence-corrected chi connectivity index (χ3v) is 3.39. The molecular formula is C11H21N3OS. The van der Waals surface area contributed by atoms with Crippen molar-refractivity contribution in [1.29, 1.82) is 0 Å². The normalized spacial score (nSPS) is 12.8. The van der Waals surface area contributed by atoms with E-state index in [1.54, 1.807) is 11.3 Å². The molecule has 1 aromatic heterocycles. The van der Waals surface area contributed by atoms with E-state index in [-0.39, 0.29) is 6.10 Å². The average Bonchev–Trinajstić information content (AvgIpc) is 2.67. The number of nitrogens with zero attached hydrogens (tertiary/aromatic N) is 2. The number of aliphatic hydroxyl groups excluding tert-OH is 1. The largest absolute Gasteiger partial charge is 0.392 e. The van der Waals surface area contributed by atoms with Gasteiger partial charge in [0.2, 0.25) is 0 Å². The lowest BCUT2D eigenvalue weighted by Crippen LogP contribution is -2.25. The summed E-state index contributed by atoms with van der Waals surface area (Å²) < 4.78 is 0. The molecule has 1 unspecified atom stereocenters. The Balaban J connectivity index is 2.26. The smallest absolute Gasteiger partial charge is 0.185 e. The first-order valence-electron chi connectivity index (χ1n) is 5.64. The molecule has 1 atom stereocenters. The number of aromatic nitrogens is 1. The summed E-state index contributed by atoms with van der Waals surface area (Å²) in [7, 11) is 3.97. The van der Waals surface area contributed by atoms with Crippen LogP contribution in [0.15, 0.2) is 6.20 Å². The van der Waals surface area contributed by atoms with Crippen molar-refractivity contribution < 1.29 is 5.11 Å². The molecule has 1 heterocycles. The van der Waals surface area contributed by atoms with E-state index >= 15 is 0 Å². The molecule has 1 aromatic rings. The summed E-state index contributed by atoms with van der Waals surface area (Å²) in [6.45, 7) is 3.52. The lowest BCUT2D eigenvalue weighted by atomic mass is 10.2. The molecule has 0 spiro atoms. The Labute approximate surface area is 101 Å². The predicted octanol–water partition coefficient (Wildman–Crippen LogP) is 1.46. The Morgan fingerprint density at radius 3 is 2.88 bits per heavy atom. The van der Waals surface area contributed by atoms with Crippen LogP contribution in [0.4, 0.5) is 5.13 Å². The molecule has 0 saturated carbocycles. The standard InChI is InChI=1S/C11H21N3OS/c1-4-5-9(15)6-12-7-10-8-13-11(16-10)14(2)3/h8-9,12,15H,4-7H2,1-3H3. The molecule has 0 fully saturated rings.